The van der Waals surface area contributed by atoms with E-state index in [-0.39, 0.29) is 11.8 Å². The van der Waals surface area contributed by atoms with Crippen LogP contribution in [0.5, 0.6) is 5.75 Å². The number of ether oxygens (including phenoxy) is 1. The number of carbonyl (C=O) groups is 1. The Morgan fingerprint density at radius 2 is 1.95 bits per heavy atom. The van der Waals surface area contributed by atoms with Gasteiger partial charge in [0.2, 0.25) is 0 Å². The predicted molar refractivity (Wildman–Crippen MR) is 82.6 cm³/mol. The van der Waals surface area contributed by atoms with Gasteiger partial charge < -0.3 is 15.0 Å². The van der Waals surface area contributed by atoms with Gasteiger partial charge in [0.1, 0.15) is 5.75 Å². The minimum atomic E-state index is -0.157. The van der Waals surface area contributed by atoms with E-state index in [1.807, 2.05) is 38.1 Å². The summed E-state index contributed by atoms with van der Waals surface area (Å²) in [5.74, 6) is 0.925. The zero-order valence-electron chi connectivity index (χ0n) is 13.0. The van der Waals surface area contributed by atoms with Crippen LogP contribution in [-0.2, 0) is 0 Å². The summed E-state index contributed by atoms with van der Waals surface area (Å²) in [6.45, 7) is 6.36. The molecule has 0 radical (unpaired) electrons. The van der Waals surface area contributed by atoms with Gasteiger partial charge in [-0.2, -0.15) is 0 Å². The highest BCUT2D eigenvalue weighted by Gasteiger charge is 2.14. The van der Waals surface area contributed by atoms with Gasteiger partial charge >= 0.3 is 0 Å². The average Bonchev–Trinajstić information content (AvgIpc) is 2.43. The van der Waals surface area contributed by atoms with Crippen molar-refractivity contribution in [1.29, 1.82) is 0 Å². The molecule has 0 saturated carbocycles. The Labute approximate surface area is 122 Å². The smallest absolute Gasteiger partial charge is 0.179 e. The highest BCUT2D eigenvalue weighted by molar-refractivity contribution is 5.99. The van der Waals surface area contributed by atoms with Gasteiger partial charge in [-0.15, -0.1) is 0 Å². The van der Waals surface area contributed by atoms with E-state index in [1.165, 1.54) is 0 Å². The molecule has 0 spiro atoms. The van der Waals surface area contributed by atoms with Crippen LogP contribution in [0.15, 0.2) is 24.3 Å². The van der Waals surface area contributed by atoms with Crippen molar-refractivity contribution >= 4 is 5.78 Å². The Kier molecular flexibility index (Phi) is 7.26. The SMILES string of the molecule is CCOc1ccc(C(=O)C(C)NCCCN(C)C)cc1. The number of rotatable bonds is 9. The van der Waals surface area contributed by atoms with Crippen molar-refractivity contribution in [1.82, 2.24) is 10.2 Å². The normalized spacial score (nSPS) is 12.4. The molecular formula is C16H26N2O2. The van der Waals surface area contributed by atoms with E-state index in [2.05, 4.69) is 24.3 Å². The first-order chi connectivity index (χ1) is 9.54. The van der Waals surface area contributed by atoms with Crippen LogP contribution in [0.4, 0.5) is 0 Å². The van der Waals surface area contributed by atoms with Crippen LogP contribution in [0.1, 0.15) is 30.6 Å². The van der Waals surface area contributed by atoms with Gasteiger partial charge in [0.05, 0.1) is 12.6 Å². The van der Waals surface area contributed by atoms with Crippen LogP contribution in [0, 0.1) is 0 Å². The minimum Gasteiger partial charge on any atom is -0.494 e. The number of carbonyl (C=O) groups excluding carboxylic acids is 1. The maximum absolute atomic E-state index is 12.2. The summed E-state index contributed by atoms with van der Waals surface area (Å²) in [5.41, 5.74) is 0.723. The van der Waals surface area contributed by atoms with Crippen LogP contribution in [-0.4, -0.2) is 50.5 Å². The molecule has 0 fully saturated rings. The molecule has 1 atom stereocenters. The minimum absolute atomic E-state index is 0.123. The molecule has 0 aromatic heterocycles. The van der Waals surface area contributed by atoms with E-state index >= 15 is 0 Å². The lowest BCUT2D eigenvalue weighted by molar-refractivity contribution is 0.0950. The number of nitrogens with one attached hydrogen (secondary N) is 1. The summed E-state index contributed by atoms with van der Waals surface area (Å²) < 4.78 is 5.37. The van der Waals surface area contributed by atoms with E-state index in [0.29, 0.717) is 6.61 Å². The second kappa shape index (κ2) is 8.72. The van der Waals surface area contributed by atoms with Gasteiger partial charge in [-0.25, -0.2) is 0 Å². The Balaban J connectivity index is 2.43. The van der Waals surface area contributed by atoms with Crippen molar-refractivity contribution in [3.8, 4) is 5.75 Å². The summed E-state index contributed by atoms with van der Waals surface area (Å²) in [7, 11) is 4.10. The average molecular weight is 278 g/mol. The van der Waals surface area contributed by atoms with Gasteiger partial charge in [-0.1, -0.05) is 0 Å². The second-order valence-corrected chi connectivity index (χ2v) is 5.15. The van der Waals surface area contributed by atoms with Crippen molar-refractivity contribution in [2.24, 2.45) is 0 Å². The summed E-state index contributed by atoms with van der Waals surface area (Å²) >= 11 is 0. The molecule has 0 bridgehead atoms. The van der Waals surface area contributed by atoms with Gasteiger partial charge in [-0.3, -0.25) is 4.79 Å². The van der Waals surface area contributed by atoms with Crippen LogP contribution in [0.25, 0.3) is 0 Å². The summed E-state index contributed by atoms with van der Waals surface area (Å²) in [5, 5.41) is 3.27. The summed E-state index contributed by atoms with van der Waals surface area (Å²) in [6.07, 6.45) is 1.04. The summed E-state index contributed by atoms with van der Waals surface area (Å²) in [6, 6.07) is 7.18. The Morgan fingerprint density at radius 1 is 1.30 bits per heavy atom. The first kappa shape index (κ1) is 16.7. The fourth-order valence-electron chi connectivity index (χ4n) is 1.94. The van der Waals surface area contributed by atoms with Crippen LogP contribution >= 0.6 is 0 Å². The van der Waals surface area contributed by atoms with Gasteiger partial charge in [-0.05, 0) is 71.7 Å². The molecule has 112 valence electrons. The molecule has 20 heavy (non-hydrogen) atoms. The lowest BCUT2D eigenvalue weighted by Gasteiger charge is -2.14. The molecule has 1 aromatic rings. The van der Waals surface area contributed by atoms with Gasteiger partial charge in [0.25, 0.3) is 0 Å². The van der Waals surface area contributed by atoms with Crippen LogP contribution in [0.3, 0.4) is 0 Å². The first-order valence-electron chi connectivity index (χ1n) is 7.19. The van der Waals surface area contributed by atoms with E-state index in [4.69, 9.17) is 4.74 Å². The van der Waals surface area contributed by atoms with Gasteiger partial charge in [0, 0.05) is 5.56 Å². The molecule has 4 nitrogen and oxygen atoms in total. The second-order valence-electron chi connectivity index (χ2n) is 5.15. The number of Topliss-reactive ketones (excluding diaryl/α,β-unsaturated/α-hetero) is 1. The number of hydrogen-bond acceptors (Lipinski definition) is 4. The molecule has 0 amide bonds. The molecular weight excluding hydrogens is 252 g/mol. The number of nitrogens with zero attached hydrogens (tertiary/aromatic N) is 1. The molecule has 1 unspecified atom stereocenters. The van der Waals surface area contributed by atoms with E-state index < -0.39 is 0 Å². The largest absolute Gasteiger partial charge is 0.494 e. The van der Waals surface area contributed by atoms with Crippen molar-refractivity contribution in [2.45, 2.75) is 26.3 Å². The molecule has 0 aliphatic carbocycles. The van der Waals surface area contributed by atoms with Gasteiger partial charge in [0.15, 0.2) is 5.78 Å². The maximum atomic E-state index is 12.2. The number of hydrogen-bond donors (Lipinski definition) is 1. The molecule has 0 saturated heterocycles. The standard InChI is InChI=1S/C16H26N2O2/c1-5-20-15-9-7-14(8-10-15)16(19)13(2)17-11-6-12-18(3)4/h7-10,13,17H,5-6,11-12H2,1-4H3. The van der Waals surface area contributed by atoms with E-state index in [1.54, 1.807) is 0 Å². The topological polar surface area (TPSA) is 41.6 Å². The molecule has 0 aliphatic rings. The molecule has 1 rings (SSSR count). The van der Waals surface area contributed by atoms with E-state index in [0.717, 1.165) is 30.8 Å². The Bertz CT molecular complexity index is 401. The lowest BCUT2D eigenvalue weighted by atomic mass is 10.1. The zero-order valence-corrected chi connectivity index (χ0v) is 13.0. The quantitative estimate of drug-likeness (QED) is 0.555. The fourth-order valence-corrected chi connectivity index (χ4v) is 1.94. The third-order valence-electron chi connectivity index (χ3n) is 3.08. The van der Waals surface area contributed by atoms with Crippen LogP contribution < -0.4 is 10.1 Å². The van der Waals surface area contributed by atoms with Crippen LogP contribution in [0.2, 0.25) is 0 Å². The van der Waals surface area contributed by atoms with Crippen molar-refractivity contribution in [2.75, 3.05) is 33.8 Å². The third-order valence-corrected chi connectivity index (χ3v) is 3.08. The molecule has 0 aliphatic heterocycles. The highest BCUT2D eigenvalue weighted by atomic mass is 16.5. The van der Waals surface area contributed by atoms with Crippen molar-refractivity contribution < 1.29 is 9.53 Å². The number of benzene rings is 1. The summed E-state index contributed by atoms with van der Waals surface area (Å²) in [4.78, 5) is 14.4. The monoisotopic (exact) mass is 278 g/mol. The van der Waals surface area contributed by atoms with Crippen molar-refractivity contribution in [3.05, 3.63) is 29.8 Å². The molecule has 1 aromatic carbocycles. The molecule has 1 N–H and O–H groups in total. The molecule has 4 heteroatoms. The number of ketones is 1. The first-order valence-corrected chi connectivity index (χ1v) is 7.19. The van der Waals surface area contributed by atoms with E-state index in [9.17, 15) is 4.79 Å². The Hall–Kier alpha value is -1.39. The maximum Gasteiger partial charge on any atom is 0.179 e. The predicted octanol–water partition coefficient (Wildman–Crippen LogP) is 2.20. The zero-order chi connectivity index (χ0) is 15.0. The fraction of sp³-hybridized carbons (Fsp3) is 0.562. The highest BCUT2D eigenvalue weighted by Crippen LogP contribution is 2.13. The Morgan fingerprint density at radius 3 is 2.50 bits per heavy atom. The molecule has 0 heterocycles. The van der Waals surface area contributed by atoms with Crippen molar-refractivity contribution in [3.63, 3.8) is 0 Å². The lowest BCUT2D eigenvalue weighted by Crippen LogP contribution is -2.35. The third kappa shape index (κ3) is 5.72.